The molecule has 1 aromatic carbocycles. The van der Waals surface area contributed by atoms with Crippen molar-refractivity contribution in [3.05, 3.63) is 47.9 Å². The number of aromatic amines is 1. The Kier molecular flexibility index (Phi) is 4.38. The Morgan fingerprint density at radius 2 is 1.92 bits per heavy atom. The number of benzene rings is 1. The summed E-state index contributed by atoms with van der Waals surface area (Å²) in [6.45, 7) is 7.16. The molecule has 3 heterocycles. The molecule has 1 aliphatic heterocycles. The number of aryl methyl sites for hydroxylation is 1. The van der Waals surface area contributed by atoms with Crippen LogP contribution in [0.4, 0.5) is 11.5 Å². The van der Waals surface area contributed by atoms with Crippen molar-refractivity contribution >= 4 is 22.5 Å². The average molecular weight is 350 g/mol. The lowest BCUT2D eigenvalue weighted by Gasteiger charge is -2.36. The number of nitrogens with zero attached hydrogens (tertiary/aromatic N) is 3. The second-order valence-electron chi connectivity index (χ2n) is 7.68. The summed E-state index contributed by atoms with van der Waals surface area (Å²) < 4.78 is 0. The van der Waals surface area contributed by atoms with Crippen LogP contribution in [0.3, 0.4) is 0 Å². The number of likely N-dealkylation sites (tertiary alicyclic amines) is 1. The molecule has 4 N–H and O–H groups in total. The first-order chi connectivity index (χ1) is 12.5. The summed E-state index contributed by atoms with van der Waals surface area (Å²) in [6, 6.07) is 8.33. The molecule has 1 saturated heterocycles. The molecule has 4 rings (SSSR count). The Labute approximate surface area is 153 Å². The molecular weight excluding hydrogens is 324 g/mol. The topological polar surface area (TPSA) is 82.9 Å². The van der Waals surface area contributed by atoms with Gasteiger partial charge in [-0.2, -0.15) is 0 Å². The van der Waals surface area contributed by atoms with Crippen LogP contribution in [0.1, 0.15) is 30.9 Å². The minimum Gasteiger partial charge on any atom is -0.346 e. The number of nitrogens with one attached hydrogen (secondary N) is 2. The number of fused-ring (bicyclic) bond motifs is 1. The van der Waals surface area contributed by atoms with E-state index in [-0.39, 0.29) is 5.54 Å². The quantitative estimate of drug-likeness (QED) is 0.672. The van der Waals surface area contributed by atoms with E-state index >= 15 is 0 Å². The van der Waals surface area contributed by atoms with Gasteiger partial charge in [-0.15, -0.1) is 0 Å². The third kappa shape index (κ3) is 3.57. The van der Waals surface area contributed by atoms with E-state index in [4.69, 9.17) is 5.73 Å². The lowest BCUT2D eigenvalue weighted by atomic mass is 9.91. The maximum Gasteiger partial charge on any atom is 0.143 e. The third-order valence-corrected chi connectivity index (χ3v) is 5.26. The van der Waals surface area contributed by atoms with Gasteiger partial charge in [0, 0.05) is 37.1 Å². The summed E-state index contributed by atoms with van der Waals surface area (Å²) in [5, 5.41) is 4.51. The van der Waals surface area contributed by atoms with Gasteiger partial charge in [-0.3, -0.25) is 4.90 Å². The zero-order valence-electron chi connectivity index (χ0n) is 15.4. The number of nitrogens with two attached hydrogens (primary N) is 1. The van der Waals surface area contributed by atoms with Gasteiger partial charge in [-0.05, 0) is 44.4 Å². The van der Waals surface area contributed by atoms with E-state index in [0.717, 1.165) is 55.0 Å². The van der Waals surface area contributed by atoms with E-state index in [1.54, 1.807) is 6.33 Å². The molecule has 1 aliphatic rings. The van der Waals surface area contributed by atoms with Gasteiger partial charge in [-0.1, -0.05) is 17.7 Å². The highest BCUT2D eigenvalue weighted by molar-refractivity contribution is 5.92. The molecule has 6 heteroatoms. The molecule has 0 unspecified atom stereocenters. The van der Waals surface area contributed by atoms with Crippen LogP contribution >= 0.6 is 0 Å². The largest absolute Gasteiger partial charge is 0.346 e. The van der Waals surface area contributed by atoms with Crippen molar-refractivity contribution in [3.63, 3.8) is 0 Å². The van der Waals surface area contributed by atoms with Crippen molar-refractivity contribution in [1.29, 1.82) is 0 Å². The number of H-pyrrole nitrogens is 1. The van der Waals surface area contributed by atoms with Crippen LogP contribution in [-0.4, -0.2) is 38.5 Å². The van der Waals surface area contributed by atoms with Crippen molar-refractivity contribution < 1.29 is 0 Å². The highest BCUT2D eigenvalue weighted by atomic mass is 15.1. The molecule has 0 radical (unpaired) electrons. The molecule has 26 heavy (non-hydrogen) atoms. The summed E-state index contributed by atoms with van der Waals surface area (Å²) in [5.41, 5.74) is 10.6. The zero-order valence-corrected chi connectivity index (χ0v) is 15.4. The van der Waals surface area contributed by atoms with Crippen LogP contribution in [0.2, 0.25) is 0 Å². The summed E-state index contributed by atoms with van der Waals surface area (Å²) in [5.74, 6) is 0.843. The standard InChI is InChI=1S/C20H26N6/c1-14-3-5-16(6-4-14)25-19-17-15(11-22-18(17)23-13-24-19)12-26-9-7-20(2,21)8-10-26/h3-6,11,13H,7-10,12,21H2,1-2H3,(H2,22,23,24,25). The van der Waals surface area contributed by atoms with Gasteiger partial charge in [0.1, 0.15) is 17.8 Å². The van der Waals surface area contributed by atoms with E-state index in [9.17, 15) is 0 Å². The number of hydrogen-bond donors (Lipinski definition) is 3. The fourth-order valence-corrected chi connectivity index (χ4v) is 3.48. The van der Waals surface area contributed by atoms with Gasteiger partial charge in [-0.25, -0.2) is 9.97 Å². The van der Waals surface area contributed by atoms with Crippen molar-refractivity contribution in [2.45, 2.75) is 38.8 Å². The SMILES string of the molecule is Cc1ccc(Nc2ncnc3[nH]cc(CN4CCC(C)(N)CC4)c23)cc1. The Hall–Kier alpha value is -2.44. The van der Waals surface area contributed by atoms with Gasteiger partial charge in [0.25, 0.3) is 0 Å². The van der Waals surface area contributed by atoms with E-state index in [1.807, 2.05) is 0 Å². The maximum atomic E-state index is 6.26. The predicted octanol–water partition coefficient (Wildman–Crippen LogP) is 3.32. The van der Waals surface area contributed by atoms with Crippen LogP contribution in [0.5, 0.6) is 0 Å². The van der Waals surface area contributed by atoms with Crippen molar-refractivity contribution in [2.75, 3.05) is 18.4 Å². The minimum absolute atomic E-state index is 0.0298. The maximum absolute atomic E-state index is 6.26. The van der Waals surface area contributed by atoms with E-state index in [0.29, 0.717) is 0 Å². The molecule has 3 aromatic rings. The number of anilines is 2. The fourth-order valence-electron chi connectivity index (χ4n) is 3.48. The third-order valence-electron chi connectivity index (χ3n) is 5.26. The lowest BCUT2D eigenvalue weighted by Crippen LogP contribution is -2.47. The Bertz CT molecular complexity index is 886. The molecule has 2 aromatic heterocycles. The zero-order chi connectivity index (χ0) is 18.1. The first-order valence-electron chi connectivity index (χ1n) is 9.16. The summed E-state index contributed by atoms with van der Waals surface area (Å²) in [6.07, 6.45) is 5.70. The van der Waals surface area contributed by atoms with Crippen LogP contribution in [-0.2, 0) is 6.54 Å². The first kappa shape index (κ1) is 17.0. The summed E-state index contributed by atoms with van der Waals surface area (Å²) >= 11 is 0. The highest BCUT2D eigenvalue weighted by Gasteiger charge is 2.26. The molecule has 6 nitrogen and oxygen atoms in total. The smallest absolute Gasteiger partial charge is 0.143 e. The molecule has 0 saturated carbocycles. The number of aromatic nitrogens is 3. The second-order valence-corrected chi connectivity index (χ2v) is 7.68. The van der Waals surface area contributed by atoms with Crippen LogP contribution in [0, 0.1) is 6.92 Å². The highest BCUT2D eigenvalue weighted by Crippen LogP contribution is 2.28. The Balaban J connectivity index is 1.59. The lowest BCUT2D eigenvalue weighted by molar-refractivity contribution is 0.165. The summed E-state index contributed by atoms with van der Waals surface area (Å²) in [4.78, 5) is 14.6. The van der Waals surface area contributed by atoms with Crippen LogP contribution in [0.25, 0.3) is 11.0 Å². The molecular formula is C20H26N6. The Morgan fingerprint density at radius 3 is 2.65 bits per heavy atom. The predicted molar refractivity (Wildman–Crippen MR) is 105 cm³/mol. The van der Waals surface area contributed by atoms with E-state index in [1.165, 1.54) is 11.1 Å². The van der Waals surface area contributed by atoms with Crippen molar-refractivity contribution in [3.8, 4) is 0 Å². The molecule has 136 valence electrons. The number of rotatable bonds is 4. The number of piperidine rings is 1. The molecule has 0 spiro atoms. The Morgan fingerprint density at radius 1 is 1.19 bits per heavy atom. The van der Waals surface area contributed by atoms with Crippen molar-refractivity contribution in [2.24, 2.45) is 5.73 Å². The minimum atomic E-state index is -0.0298. The normalized spacial score (nSPS) is 17.5. The molecule has 0 amide bonds. The molecule has 0 atom stereocenters. The van der Waals surface area contributed by atoms with E-state index in [2.05, 4.69) is 69.5 Å². The van der Waals surface area contributed by atoms with Crippen LogP contribution < -0.4 is 11.1 Å². The van der Waals surface area contributed by atoms with Crippen LogP contribution in [0.15, 0.2) is 36.8 Å². The molecule has 0 bridgehead atoms. The second kappa shape index (κ2) is 6.70. The fraction of sp³-hybridized carbons (Fsp3) is 0.400. The first-order valence-corrected chi connectivity index (χ1v) is 9.16. The number of hydrogen-bond acceptors (Lipinski definition) is 5. The van der Waals surface area contributed by atoms with Gasteiger partial charge in [0.05, 0.1) is 5.39 Å². The monoisotopic (exact) mass is 350 g/mol. The molecule has 1 fully saturated rings. The van der Waals surface area contributed by atoms with E-state index < -0.39 is 0 Å². The van der Waals surface area contributed by atoms with Gasteiger partial charge < -0.3 is 16.0 Å². The van der Waals surface area contributed by atoms with Gasteiger partial charge in [0.2, 0.25) is 0 Å². The van der Waals surface area contributed by atoms with Gasteiger partial charge >= 0.3 is 0 Å². The summed E-state index contributed by atoms with van der Waals surface area (Å²) in [7, 11) is 0. The van der Waals surface area contributed by atoms with Crippen molar-refractivity contribution in [1.82, 2.24) is 19.9 Å². The average Bonchev–Trinajstić information content (AvgIpc) is 3.03. The molecule has 0 aliphatic carbocycles. The van der Waals surface area contributed by atoms with Gasteiger partial charge in [0.15, 0.2) is 0 Å².